The summed E-state index contributed by atoms with van der Waals surface area (Å²) >= 11 is 0. The largest absolute Gasteiger partial charge is 0.330 e. The SMILES string of the molecule is CC(C)c1n[nH]c(CC2(CN)CCC2)n1. The molecule has 1 aromatic rings. The van der Waals surface area contributed by atoms with Crippen molar-refractivity contribution in [3.63, 3.8) is 0 Å². The highest BCUT2D eigenvalue weighted by Crippen LogP contribution is 2.42. The van der Waals surface area contributed by atoms with E-state index in [-0.39, 0.29) is 0 Å². The summed E-state index contributed by atoms with van der Waals surface area (Å²) in [6.45, 7) is 4.98. The van der Waals surface area contributed by atoms with Gasteiger partial charge in [0.15, 0.2) is 5.82 Å². The summed E-state index contributed by atoms with van der Waals surface area (Å²) in [6, 6.07) is 0. The van der Waals surface area contributed by atoms with Gasteiger partial charge in [0.05, 0.1) is 0 Å². The molecule has 84 valence electrons. The quantitative estimate of drug-likeness (QED) is 0.789. The van der Waals surface area contributed by atoms with E-state index in [1.807, 2.05) is 0 Å². The van der Waals surface area contributed by atoms with Gasteiger partial charge in [-0.2, -0.15) is 5.10 Å². The number of nitrogens with two attached hydrogens (primary N) is 1. The highest BCUT2D eigenvalue weighted by Gasteiger charge is 2.36. The summed E-state index contributed by atoms with van der Waals surface area (Å²) in [7, 11) is 0. The number of aromatic amines is 1. The third kappa shape index (κ3) is 2.04. The topological polar surface area (TPSA) is 67.6 Å². The van der Waals surface area contributed by atoms with Crippen LogP contribution in [0.3, 0.4) is 0 Å². The van der Waals surface area contributed by atoms with E-state index in [2.05, 4.69) is 29.0 Å². The van der Waals surface area contributed by atoms with Gasteiger partial charge >= 0.3 is 0 Å². The number of hydrogen-bond donors (Lipinski definition) is 2. The molecule has 0 aliphatic heterocycles. The van der Waals surface area contributed by atoms with Crippen molar-refractivity contribution in [3.8, 4) is 0 Å². The molecule has 0 aromatic carbocycles. The maximum Gasteiger partial charge on any atom is 0.153 e. The molecule has 1 saturated carbocycles. The van der Waals surface area contributed by atoms with E-state index in [1.54, 1.807) is 0 Å². The molecule has 2 rings (SSSR count). The molecule has 1 aliphatic carbocycles. The Labute approximate surface area is 90.7 Å². The average molecular weight is 208 g/mol. The smallest absolute Gasteiger partial charge is 0.153 e. The Morgan fingerprint density at radius 3 is 2.60 bits per heavy atom. The van der Waals surface area contributed by atoms with Gasteiger partial charge in [0.25, 0.3) is 0 Å². The van der Waals surface area contributed by atoms with Crippen molar-refractivity contribution in [3.05, 3.63) is 11.6 Å². The number of nitrogens with one attached hydrogen (secondary N) is 1. The van der Waals surface area contributed by atoms with Gasteiger partial charge in [0.2, 0.25) is 0 Å². The maximum atomic E-state index is 5.82. The minimum absolute atomic E-state index is 0.313. The standard InChI is InChI=1S/C11H20N4/c1-8(2)10-13-9(14-15-10)6-11(7-12)4-3-5-11/h8H,3-7,12H2,1-2H3,(H,13,14,15). The van der Waals surface area contributed by atoms with Gasteiger partial charge in [-0.15, -0.1) is 0 Å². The number of H-pyrrole nitrogens is 1. The molecular weight excluding hydrogens is 188 g/mol. The van der Waals surface area contributed by atoms with Crippen LogP contribution < -0.4 is 5.73 Å². The first-order valence-corrected chi connectivity index (χ1v) is 5.76. The highest BCUT2D eigenvalue weighted by atomic mass is 15.2. The Morgan fingerprint density at radius 2 is 2.20 bits per heavy atom. The van der Waals surface area contributed by atoms with Crippen molar-refractivity contribution < 1.29 is 0 Å². The van der Waals surface area contributed by atoms with Crippen LogP contribution in [0.2, 0.25) is 0 Å². The molecule has 0 bridgehead atoms. The number of hydrogen-bond acceptors (Lipinski definition) is 3. The fourth-order valence-electron chi connectivity index (χ4n) is 2.13. The van der Waals surface area contributed by atoms with E-state index in [4.69, 9.17) is 5.73 Å². The number of rotatable bonds is 4. The Balaban J connectivity index is 2.04. The first-order valence-electron chi connectivity index (χ1n) is 5.76. The molecule has 3 N–H and O–H groups in total. The summed E-state index contributed by atoms with van der Waals surface area (Å²) in [6.07, 6.45) is 4.74. The molecule has 4 nitrogen and oxygen atoms in total. The lowest BCUT2D eigenvalue weighted by Gasteiger charge is -2.40. The zero-order valence-electron chi connectivity index (χ0n) is 9.58. The van der Waals surface area contributed by atoms with E-state index >= 15 is 0 Å². The van der Waals surface area contributed by atoms with Crippen LogP contribution in [-0.2, 0) is 6.42 Å². The molecule has 0 amide bonds. The maximum absolute atomic E-state index is 5.82. The van der Waals surface area contributed by atoms with Gasteiger partial charge in [-0.3, -0.25) is 5.10 Å². The zero-order valence-corrected chi connectivity index (χ0v) is 9.58. The Morgan fingerprint density at radius 1 is 1.47 bits per heavy atom. The summed E-state index contributed by atoms with van der Waals surface area (Å²) in [5.41, 5.74) is 6.13. The van der Waals surface area contributed by atoms with Crippen LogP contribution in [0.4, 0.5) is 0 Å². The average Bonchev–Trinajstić information content (AvgIpc) is 2.59. The third-order valence-corrected chi connectivity index (χ3v) is 3.46. The predicted octanol–water partition coefficient (Wildman–Crippen LogP) is 1.60. The van der Waals surface area contributed by atoms with Crippen LogP contribution in [0.5, 0.6) is 0 Å². The molecular formula is C11H20N4. The first-order chi connectivity index (χ1) is 7.15. The predicted molar refractivity (Wildman–Crippen MR) is 59.5 cm³/mol. The molecule has 0 atom stereocenters. The lowest BCUT2D eigenvalue weighted by molar-refractivity contribution is 0.141. The number of aromatic nitrogens is 3. The molecule has 1 aromatic heterocycles. The zero-order chi connectivity index (χ0) is 10.9. The fourth-order valence-corrected chi connectivity index (χ4v) is 2.13. The second-order valence-electron chi connectivity index (χ2n) is 5.03. The molecule has 0 saturated heterocycles. The van der Waals surface area contributed by atoms with Gasteiger partial charge in [-0.05, 0) is 24.8 Å². The van der Waals surface area contributed by atoms with E-state index in [1.165, 1.54) is 19.3 Å². The van der Waals surface area contributed by atoms with Crippen molar-refractivity contribution in [1.82, 2.24) is 15.2 Å². The third-order valence-electron chi connectivity index (χ3n) is 3.46. The van der Waals surface area contributed by atoms with Crippen molar-refractivity contribution in [2.45, 2.75) is 45.4 Å². The van der Waals surface area contributed by atoms with Crippen molar-refractivity contribution in [1.29, 1.82) is 0 Å². The number of nitrogens with zero attached hydrogens (tertiary/aromatic N) is 2. The minimum atomic E-state index is 0.313. The molecule has 0 radical (unpaired) electrons. The van der Waals surface area contributed by atoms with Gasteiger partial charge in [-0.1, -0.05) is 20.3 Å². The Bertz CT molecular complexity index is 320. The molecule has 0 unspecified atom stereocenters. The minimum Gasteiger partial charge on any atom is -0.330 e. The van der Waals surface area contributed by atoms with Gasteiger partial charge < -0.3 is 5.73 Å². The molecule has 1 fully saturated rings. The van der Waals surface area contributed by atoms with Crippen molar-refractivity contribution >= 4 is 0 Å². The van der Waals surface area contributed by atoms with Crippen LogP contribution in [0.15, 0.2) is 0 Å². The van der Waals surface area contributed by atoms with Crippen molar-refractivity contribution in [2.24, 2.45) is 11.1 Å². The van der Waals surface area contributed by atoms with E-state index in [0.717, 1.165) is 24.6 Å². The van der Waals surface area contributed by atoms with Crippen molar-refractivity contribution in [2.75, 3.05) is 6.54 Å². The van der Waals surface area contributed by atoms with Gasteiger partial charge in [0, 0.05) is 12.3 Å². The van der Waals surface area contributed by atoms with Crippen LogP contribution in [-0.4, -0.2) is 21.7 Å². The second kappa shape index (κ2) is 3.93. The molecule has 15 heavy (non-hydrogen) atoms. The van der Waals surface area contributed by atoms with E-state index in [9.17, 15) is 0 Å². The van der Waals surface area contributed by atoms with Crippen LogP contribution in [0, 0.1) is 5.41 Å². The van der Waals surface area contributed by atoms with Gasteiger partial charge in [0.1, 0.15) is 5.82 Å². The molecule has 0 spiro atoms. The second-order valence-corrected chi connectivity index (χ2v) is 5.03. The van der Waals surface area contributed by atoms with Crippen LogP contribution in [0.1, 0.15) is 50.7 Å². The lowest BCUT2D eigenvalue weighted by atomic mass is 9.66. The van der Waals surface area contributed by atoms with Crippen LogP contribution >= 0.6 is 0 Å². The first kappa shape index (κ1) is 10.6. The van der Waals surface area contributed by atoms with E-state index in [0.29, 0.717) is 11.3 Å². The summed E-state index contributed by atoms with van der Waals surface area (Å²) in [5, 5.41) is 7.24. The lowest BCUT2D eigenvalue weighted by Crippen LogP contribution is -2.39. The van der Waals surface area contributed by atoms with Gasteiger partial charge in [-0.25, -0.2) is 4.98 Å². The summed E-state index contributed by atoms with van der Waals surface area (Å²) in [5.74, 6) is 2.31. The normalized spacial score (nSPS) is 19.2. The monoisotopic (exact) mass is 208 g/mol. The molecule has 4 heteroatoms. The Kier molecular flexibility index (Phi) is 2.78. The summed E-state index contributed by atoms with van der Waals surface area (Å²) < 4.78 is 0. The molecule has 1 aliphatic rings. The Hall–Kier alpha value is -0.900. The summed E-state index contributed by atoms with van der Waals surface area (Å²) in [4.78, 5) is 4.50. The van der Waals surface area contributed by atoms with Crippen LogP contribution in [0.25, 0.3) is 0 Å². The van der Waals surface area contributed by atoms with E-state index < -0.39 is 0 Å². The highest BCUT2D eigenvalue weighted by molar-refractivity contribution is 5.01. The molecule has 1 heterocycles. The fraction of sp³-hybridized carbons (Fsp3) is 0.818.